The summed E-state index contributed by atoms with van der Waals surface area (Å²) in [5.74, 6) is -1.78. The summed E-state index contributed by atoms with van der Waals surface area (Å²) in [7, 11) is 0. The maximum atomic E-state index is 10.9. The Balaban J connectivity index is 0.000000278. The van der Waals surface area contributed by atoms with E-state index < -0.39 is 11.9 Å². The van der Waals surface area contributed by atoms with E-state index in [1.807, 2.05) is 0 Å². The van der Waals surface area contributed by atoms with E-state index in [-0.39, 0.29) is 16.8 Å². The first-order valence-corrected chi connectivity index (χ1v) is 9.10. The van der Waals surface area contributed by atoms with Crippen molar-refractivity contribution in [1.82, 2.24) is 0 Å². The normalized spacial score (nSPS) is 9.88. The van der Waals surface area contributed by atoms with Crippen LogP contribution in [0.1, 0.15) is 31.8 Å². The number of nitrogen functional groups attached to an aromatic ring is 4. The molecule has 0 aliphatic rings. The highest BCUT2D eigenvalue weighted by molar-refractivity contribution is 5.93. The van der Waals surface area contributed by atoms with Crippen LogP contribution in [0.25, 0.3) is 0 Å². The van der Waals surface area contributed by atoms with Gasteiger partial charge >= 0.3 is 11.9 Å². The molecule has 3 aromatic carbocycles. The molecular formula is C22H22N4O6. The number of aromatic carboxylic acids is 2. The van der Waals surface area contributed by atoms with E-state index in [1.165, 1.54) is 24.3 Å². The van der Waals surface area contributed by atoms with E-state index >= 15 is 0 Å². The lowest BCUT2D eigenvalue weighted by molar-refractivity contribution is -0.120. The highest BCUT2D eigenvalue weighted by Crippen LogP contribution is 2.24. The van der Waals surface area contributed by atoms with Crippen molar-refractivity contribution >= 4 is 41.2 Å². The average Bonchev–Trinajstić information content (AvgIpc) is 2.70. The fourth-order valence-electron chi connectivity index (χ4n) is 2.82. The molecule has 10 nitrogen and oxygen atoms in total. The van der Waals surface area contributed by atoms with E-state index in [9.17, 15) is 14.4 Å². The van der Waals surface area contributed by atoms with Crippen molar-refractivity contribution in [2.45, 2.75) is 6.42 Å². The van der Waals surface area contributed by atoms with Crippen molar-refractivity contribution in [2.24, 2.45) is 0 Å². The van der Waals surface area contributed by atoms with E-state index in [2.05, 4.69) is 0 Å². The molecule has 0 aliphatic heterocycles. The minimum atomic E-state index is -1.06. The monoisotopic (exact) mass is 438 g/mol. The van der Waals surface area contributed by atoms with E-state index in [0.717, 1.165) is 11.1 Å². The molecule has 0 amide bonds. The molecule has 32 heavy (non-hydrogen) atoms. The number of carboxylic acid groups (broad SMARTS) is 2. The summed E-state index contributed by atoms with van der Waals surface area (Å²) in [6, 6.07) is 14.1. The maximum absolute atomic E-state index is 10.9. The predicted octanol–water partition coefficient (Wildman–Crippen LogP) is 2.22. The number of carboxylic acids is 2. The van der Waals surface area contributed by atoms with Gasteiger partial charge in [-0.15, -0.1) is 0 Å². The summed E-state index contributed by atoms with van der Waals surface area (Å²) in [5, 5.41) is 17.4. The van der Waals surface area contributed by atoms with E-state index in [1.54, 1.807) is 30.3 Å². The molecule has 0 atom stereocenters. The molecule has 3 aromatic rings. The largest absolute Gasteiger partial charge is 0.478 e. The zero-order valence-corrected chi connectivity index (χ0v) is 16.8. The minimum absolute atomic E-state index is 0.0768. The number of anilines is 4. The number of carbonyl (C=O) groups is 3. The van der Waals surface area contributed by atoms with Crippen molar-refractivity contribution in [1.29, 1.82) is 0 Å². The van der Waals surface area contributed by atoms with Gasteiger partial charge in [-0.25, -0.2) is 9.59 Å². The zero-order chi connectivity index (χ0) is 23.8. The Kier molecular flexibility index (Phi) is 7.61. The molecule has 0 radical (unpaired) electrons. The standard InChI is InChI=1S/C15H14N2O4.C7H8N2O2/c16-12-6-9(1-3-11(12)15(19)20)5-10-2-4-14(21-8-18)13(17)7-10;8-5-1-4(7(10)11)2-6(9)3-5/h1-4,6-8H,5,16-17H2,(H,19,20);1-3H,8-9H2,(H,10,11). The Bertz CT molecular complexity index is 1140. The van der Waals surface area contributed by atoms with Crippen molar-refractivity contribution in [3.05, 3.63) is 76.9 Å². The van der Waals surface area contributed by atoms with Crippen LogP contribution in [0.4, 0.5) is 22.7 Å². The number of benzene rings is 3. The second-order valence-corrected chi connectivity index (χ2v) is 6.68. The zero-order valence-electron chi connectivity index (χ0n) is 16.8. The molecule has 0 aromatic heterocycles. The first-order valence-electron chi connectivity index (χ1n) is 9.10. The number of nitrogens with two attached hydrogens (primary N) is 4. The molecule has 0 unspecified atom stereocenters. The lowest BCUT2D eigenvalue weighted by atomic mass is 10.0. The Morgan fingerprint density at radius 3 is 1.81 bits per heavy atom. The minimum Gasteiger partial charge on any atom is -0.478 e. The van der Waals surface area contributed by atoms with Gasteiger partial charge in [0.05, 0.1) is 16.8 Å². The average molecular weight is 438 g/mol. The highest BCUT2D eigenvalue weighted by Gasteiger charge is 2.09. The van der Waals surface area contributed by atoms with Gasteiger partial charge in [-0.1, -0.05) is 12.1 Å². The molecule has 0 saturated carbocycles. The van der Waals surface area contributed by atoms with Gasteiger partial charge in [-0.05, 0) is 60.0 Å². The quantitative estimate of drug-likeness (QED) is 0.244. The molecule has 0 heterocycles. The second kappa shape index (κ2) is 10.3. The molecule has 0 fully saturated rings. The number of rotatable bonds is 6. The number of carbonyl (C=O) groups excluding carboxylic acids is 1. The summed E-state index contributed by atoms with van der Waals surface area (Å²) < 4.78 is 4.71. The van der Waals surface area contributed by atoms with Crippen LogP contribution in [0, 0.1) is 0 Å². The molecule has 0 spiro atoms. The lowest BCUT2D eigenvalue weighted by Crippen LogP contribution is -2.03. The van der Waals surface area contributed by atoms with Crippen molar-refractivity contribution < 1.29 is 29.3 Å². The predicted molar refractivity (Wildman–Crippen MR) is 120 cm³/mol. The summed E-state index contributed by atoms with van der Waals surface area (Å²) >= 11 is 0. The molecule has 3 rings (SSSR count). The van der Waals surface area contributed by atoms with Gasteiger partial charge in [-0.3, -0.25) is 4.79 Å². The van der Waals surface area contributed by atoms with Crippen LogP contribution >= 0.6 is 0 Å². The first-order chi connectivity index (χ1) is 15.1. The first kappa shape index (κ1) is 23.5. The van der Waals surface area contributed by atoms with Gasteiger partial charge in [0, 0.05) is 17.1 Å². The van der Waals surface area contributed by atoms with Crippen molar-refractivity contribution in [3.8, 4) is 5.75 Å². The van der Waals surface area contributed by atoms with Crippen LogP contribution in [-0.2, 0) is 11.2 Å². The Labute approximate surface area is 183 Å². The number of hydrogen-bond donors (Lipinski definition) is 6. The maximum Gasteiger partial charge on any atom is 0.337 e. The number of hydrogen-bond acceptors (Lipinski definition) is 8. The van der Waals surface area contributed by atoms with Gasteiger partial charge in [-0.2, -0.15) is 0 Å². The van der Waals surface area contributed by atoms with Crippen molar-refractivity contribution in [2.75, 3.05) is 22.9 Å². The smallest absolute Gasteiger partial charge is 0.337 e. The molecule has 166 valence electrons. The van der Waals surface area contributed by atoms with Crippen LogP contribution in [0.15, 0.2) is 54.6 Å². The topological polar surface area (TPSA) is 205 Å². The third kappa shape index (κ3) is 6.39. The van der Waals surface area contributed by atoms with Gasteiger partial charge in [0.25, 0.3) is 6.47 Å². The van der Waals surface area contributed by atoms with Crippen LogP contribution in [-0.4, -0.2) is 28.6 Å². The van der Waals surface area contributed by atoms with E-state index in [4.69, 9.17) is 37.9 Å². The molecule has 0 bridgehead atoms. The third-order valence-corrected chi connectivity index (χ3v) is 4.23. The second-order valence-electron chi connectivity index (χ2n) is 6.68. The molecule has 10 heteroatoms. The molecular weight excluding hydrogens is 416 g/mol. The Hall–Kier alpha value is -4.73. The summed E-state index contributed by atoms with van der Waals surface area (Å²) in [5.41, 5.74) is 25.4. The molecule has 0 aliphatic carbocycles. The van der Waals surface area contributed by atoms with Gasteiger partial charge in [0.2, 0.25) is 0 Å². The number of ether oxygens (including phenoxy) is 1. The SMILES string of the molecule is Nc1cc(Cc2ccc(C(=O)O)c(N)c2)ccc1OC=O.Nc1cc(N)cc(C(=O)O)c1. The summed E-state index contributed by atoms with van der Waals surface area (Å²) in [6.45, 7) is 0.316. The molecule has 0 saturated heterocycles. The van der Waals surface area contributed by atoms with Gasteiger partial charge < -0.3 is 37.9 Å². The fraction of sp³-hybridized carbons (Fsp3) is 0.0455. The fourth-order valence-corrected chi connectivity index (χ4v) is 2.82. The van der Waals surface area contributed by atoms with Crippen LogP contribution < -0.4 is 27.7 Å². The Morgan fingerprint density at radius 1 is 0.781 bits per heavy atom. The van der Waals surface area contributed by atoms with Gasteiger partial charge in [0.1, 0.15) is 0 Å². The van der Waals surface area contributed by atoms with Crippen molar-refractivity contribution in [3.63, 3.8) is 0 Å². The third-order valence-electron chi connectivity index (χ3n) is 4.23. The Morgan fingerprint density at radius 2 is 1.34 bits per heavy atom. The highest BCUT2D eigenvalue weighted by atomic mass is 16.5. The summed E-state index contributed by atoms with van der Waals surface area (Å²) in [4.78, 5) is 31.6. The van der Waals surface area contributed by atoms with Crippen LogP contribution in [0.5, 0.6) is 5.75 Å². The molecule has 10 N–H and O–H groups in total. The van der Waals surface area contributed by atoms with Gasteiger partial charge in [0.15, 0.2) is 5.75 Å². The van der Waals surface area contributed by atoms with E-state index in [0.29, 0.717) is 35.7 Å². The summed E-state index contributed by atoms with van der Waals surface area (Å²) in [6.07, 6.45) is 0.537. The van der Waals surface area contributed by atoms with Crippen LogP contribution in [0.2, 0.25) is 0 Å². The van der Waals surface area contributed by atoms with Crippen LogP contribution in [0.3, 0.4) is 0 Å². The lowest BCUT2D eigenvalue weighted by Gasteiger charge is -2.08.